The number of carbonyl (C=O) groups is 1. The highest BCUT2D eigenvalue weighted by Gasteiger charge is 2.56. The molecule has 0 spiro atoms. The van der Waals surface area contributed by atoms with Crippen LogP contribution in [-0.4, -0.2) is 97.1 Å². The number of ether oxygens (including phenoxy) is 1. The van der Waals surface area contributed by atoms with E-state index in [0.717, 1.165) is 11.8 Å². The summed E-state index contributed by atoms with van der Waals surface area (Å²) in [5, 5.41) is 21.3. The van der Waals surface area contributed by atoms with Crippen LogP contribution >= 0.6 is 19.5 Å². The molecule has 3 N–H and O–H groups in total. The number of aromatic amines is 1. The maximum atomic E-state index is 14.3. The number of nitrogens with one attached hydrogen (secondary N) is 1. The minimum atomic E-state index is -3.95. The first-order chi connectivity index (χ1) is 16.5. The third-order valence-electron chi connectivity index (χ3n) is 5.43. The Balaban J connectivity index is 1.83. The molecular formula is C19H29FN5O8PS. The summed E-state index contributed by atoms with van der Waals surface area (Å²) < 4.78 is 46.4. The van der Waals surface area contributed by atoms with E-state index in [4.69, 9.17) is 13.8 Å². The summed E-state index contributed by atoms with van der Waals surface area (Å²) in [6, 6.07) is 0. The van der Waals surface area contributed by atoms with Crippen LogP contribution in [0.3, 0.4) is 0 Å². The largest absolute Gasteiger partial charge is 0.407 e. The summed E-state index contributed by atoms with van der Waals surface area (Å²) in [5.74, 6) is 0.592. The standard InChI is InChI=1S/C19H29FN5O8PS/c1-5-12-22-16-13(17(29)23-12)21-10-25(16)18-14(27)15(28)19(8-20,33-18)9-32-34(30,24(3)4)31-6-7-35-11(2)26/h10,14-15,18,27-28H,5-9H2,1-4H3,(H,22,23,29)/t14-,15?,18+,19+,34?/m0/s1. The highest BCUT2D eigenvalue weighted by molar-refractivity contribution is 8.13. The van der Waals surface area contributed by atoms with Gasteiger partial charge in [-0.2, -0.15) is 0 Å². The quantitative estimate of drug-likeness (QED) is 0.270. The number of hydrogen-bond acceptors (Lipinski definition) is 11. The number of imidazole rings is 1. The number of alkyl halides is 1. The van der Waals surface area contributed by atoms with E-state index in [1.807, 2.05) is 0 Å². The number of rotatable bonds is 11. The fourth-order valence-electron chi connectivity index (χ4n) is 3.46. The summed E-state index contributed by atoms with van der Waals surface area (Å²) in [7, 11) is -1.09. The Morgan fingerprint density at radius 1 is 1.43 bits per heavy atom. The van der Waals surface area contributed by atoms with Crippen molar-refractivity contribution in [1.29, 1.82) is 0 Å². The molecule has 0 aromatic carbocycles. The van der Waals surface area contributed by atoms with E-state index in [-0.39, 0.29) is 28.6 Å². The van der Waals surface area contributed by atoms with E-state index < -0.39 is 50.6 Å². The van der Waals surface area contributed by atoms with Gasteiger partial charge in [-0.25, -0.2) is 23.6 Å². The monoisotopic (exact) mass is 537 g/mol. The number of aromatic nitrogens is 4. The second kappa shape index (κ2) is 11.1. The highest BCUT2D eigenvalue weighted by Crippen LogP contribution is 2.52. The lowest BCUT2D eigenvalue weighted by Crippen LogP contribution is -2.49. The molecule has 2 aromatic rings. The van der Waals surface area contributed by atoms with Crippen molar-refractivity contribution in [1.82, 2.24) is 24.2 Å². The molecule has 0 radical (unpaired) electrons. The van der Waals surface area contributed by atoms with E-state index in [0.29, 0.717) is 12.2 Å². The molecular weight excluding hydrogens is 508 g/mol. The number of thioether (sulfide) groups is 1. The van der Waals surface area contributed by atoms with E-state index in [2.05, 4.69) is 15.0 Å². The van der Waals surface area contributed by atoms with Gasteiger partial charge in [0.15, 0.2) is 28.1 Å². The topological polar surface area (TPSA) is 169 Å². The van der Waals surface area contributed by atoms with Crippen LogP contribution in [0.15, 0.2) is 11.1 Å². The minimum Gasteiger partial charge on any atom is -0.387 e. The molecule has 1 aliphatic heterocycles. The fourth-order valence-corrected chi connectivity index (χ4v) is 5.28. The molecule has 0 bridgehead atoms. The Labute approximate surface area is 204 Å². The summed E-state index contributed by atoms with van der Waals surface area (Å²) in [6.45, 7) is 1.06. The van der Waals surface area contributed by atoms with Gasteiger partial charge >= 0.3 is 7.75 Å². The van der Waals surface area contributed by atoms with Crippen LogP contribution in [0.2, 0.25) is 0 Å². The van der Waals surface area contributed by atoms with Gasteiger partial charge in [-0.05, 0) is 14.1 Å². The summed E-state index contributed by atoms with van der Waals surface area (Å²) in [5.41, 5.74) is -2.53. The molecule has 0 amide bonds. The lowest BCUT2D eigenvalue weighted by Gasteiger charge is -2.32. The third-order valence-corrected chi connectivity index (χ3v) is 8.15. The van der Waals surface area contributed by atoms with Gasteiger partial charge in [0.1, 0.15) is 24.7 Å². The Hall–Kier alpha value is -1.71. The SMILES string of the molecule is CCc1nc2c(ncn2[C@@H]2O[C@](CF)(COP(=O)(OCCSC(C)=O)N(C)C)C(O)[C@@H]2O)c(=O)[nH]1. The van der Waals surface area contributed by atoms with E-state index in [1.165, 1.54) is 36.6 Å². The lowest BCUT2D eigenvalue weighted by atomic mass is 9.98. The van der Waals surface area contributed by atoms with Crippen LogP contribution in [0, 0.1) is 0 Å². The predicted molar refractivity (Wildman–Crippen MR) is 125 cm³/mol. The lowest BCUT2D eigenvalue weighted by molar-refractivity contribution is -0.134. The van der Waals surface area contributed by atoms with Crippen molar-refractivity contribution in [3.05, 3.63) is 22.5 Å². The molecule has 3 rings (SSSR count). The van der Waals surface area contributed by atoms with Crippen LogP contribution in [0.4, 0.5) is 4.39 Å². The van der Waals surface area contributed by atoms with E-state index in [9.17, 15) is 28.8 Å². The van der Waals surface area contributed by atoms with Crippen molar-refractivity contribution >= 4 is 35.8 Å². The van der Waals surface area contributed by atoms with Crippen LogP contribution in [0.25, 0.3) is 11.2 Å². The number of hydrogen-bond donors (Lipinski definition) is 3. The molecule has 13 nitrogen and oxygen atoms in total. The molecule has 5 atom stereocenters. The van der Waals surface area contributed by atoms with Crippen LogP contribution < -0.4 is 5.56 Å². The zero-order valence-electron chi connectivity index (χ0n) is 19.7. The number of aliphatic hydroxyl groups is 2. The average Bonchev–Trinajstić information content (AvgIpc) is 3.35. The molecule has 0 saturated carbocycles. The van der Waals surface area contributed by atoms with Crippen LogP contribution in [0.1, 0.15) is 25.9 Å². The molecule has 2 aromatic heterocycles. The Bertz CT molecular complexity index is 1160. The number of carbonyl (C=O) groups excluding carboxylic acids is 1. The first-order valence-electron chi connectivity index (χ1n) is 10.7. The molecule has 2 unspecified atom stereocenters. The fraction of sp³-hybridized carbons (Fsp3) is 0.684. The number of nitrogens with zero attached hydrogens (tertiary/aromatic N) is 4. The van der Waals surface area contributed by atoms with Crippen LogP contribution in [0.5, 0.6) is 0 Å². The normalized spacial score (nSPS) is 26.5. The number of fused-ring (bicyclic) bond motifs is 1. The Morgan fingerprint density at radius 2 is 2.14 bits per heavy atom. The van der Waals surface area contributed by atoms with E-state index >= 15 is 0 Å². The molecule has 196 valence electrons. The minimum absolute atomic E-state index is 0.0181. The van der Waals surface area contributed by atoms with Gasteiger partial charge in [0.2, 0.25) is 0 Å². The summed E-state index contributed by atoms with van der Waals surface area (Å²) in [6.07, 6.45) is -3.18. The molecule has 1 aliphatic rings. The second-order valence-corrected chi connectivity index (χ2v) is 11.6. The predicted octanol–water partition coefficient (Wildman–Crippen LogP) is 0.624. The van der Waals surface area contributed by atoms with Crippen molar-refractivity contribution in [3.63, 3.8) is 0 Å². The summed E-state index contributed by atoms with van der Waals surface area (Å²) in [4.78, 5) is 34.2. The molecule has 1 saturated heterocycles. The molecule has 0 aliphatic carbocycles. The molecule has 1 fully saturated rings. The van der Waals surface area contributed by atoms with Gasteiger partial charge in [0.25, 0.3) is 5.56 Å². The van der Waals surface area contributed by atoms with Gasteiger partial charge in [-0.3, -0.25) is 23.2 Å². The Morgan fingerprint density at radius 3 is 2.74 bits per heavy atom. The van der Waals surface area contributed by atoms with Crippen LogP contribution in [-0.2, 0) is 29.6 Å². The van der Waals surface area contributed by atoms with Crippen molar-refractivity contribution in [2.24, 2.45) is 0 Å². The third kappa shape index (κ3) is 5.67. The zero-order valence-corrected chi connectivity index (χ0v) is 21.4. The maximum Gasteiger partial charge on any atom is 0.407 e. The summed E-state index contributed by atoms with van der Waals surface area (Å²) >= 11 is 0.979. The highest BCUT2D eigenvalue weighted by atomic mass is 32.2. The van der Waals surface area contributed by atoms with Gasteiger partial charge < -0.3 is 19.9 Å². The van der Waals surface area contributed by atoms with E-state index in [1.54, 1.807) is 6.92 Å². The first kappa shape index (κ1) is 27.9. The first-order valence-corrected chi connectivity index (χ1v) is 13.2. The number of H-pyrrole nitrogens is 1. The van der Waals surface area contributed by atoms with Crippen molar-refractivity contribution in [2.75, 3.05) is 39.7 Å². The van der Waals surface area contributed by atoms with Gasteiger partial charge in [0.05, 0.1) is 19.5 Å². The molecule has 35 heavy (non-hydrogen) atoms. The average molecular weight is 538 g/mol. The van der Waals surface area contributed by atoms with Crippen molar-refractivity contribution in [3.8, 4) is 0 Å². The Kier molecular flexibility index (Phi) is 8.86. The molecule has 16 heteroatoms. The van der Waals surface area contributed by atoms with Gasteiger partial charge in [-0.1, -0.05) is 18.7 Å². The number of halogens is 1. The maximum absolute atomic E-state index is 14.3. The van der Waals surface area contributed by atoms with Crippen molar-refractivity contribution in [2.45, 2.75) is 44.3 Å². The zero-order chi connectivity index (χ0) is 26.0. The second-order valence-electron chi connectivity index (χ2n) is 8.09. The van der Waals surface area contributed by atoms with Crippen molar-refractivity contribution < 1.29 is 37.7 Å². The number of aryl methyl sites for hydroxylation is 1. The molecule has 3 heterocycles. The van der Waals surface area contributed by atoms with Gasteiger partial charge in [0, 0.05) is 19.1 Å². The smallest absolute Gasteiger partial charge is 0.387 e. The number of aliphatic hydroxyl groups excluding tert-OH is 2. The van der Waals surface area contributed by atoms with Gasteiger partial charge in [-0.15, -0.1) is 0 Å².